The van der Waals surface area contributed by atoms with Crippen molar-refractivity contribution in [1.29, 1.82) is 0 Å². The van der Waals surface area contributed by atoms with Gasteiger partial charge in [0, 0.05) is 5.69 Å². The third kappa shape index (κ3) is 6.48. The van der Waals surface area contributed by atoms with Gasteiger partial charge < -0.3 is 20.5 Å². The molecule has 0 radical (unpaired) electrons. The van der Waals surface area contributed by atoms with Crippen LogP contribution in [0.15, 0.2) is 47.5 Å². The number of guanidine groups is 1. The molecule has 6 heteroatoms. The van der Waals surface area contributed by atoms with E-state index in [4.69, 9.17) is 21.6 Å². The number of anilines is 1. The molecule has 5 nitrogen and oxygen atoms in total. The van der Waals surface area contributed by atoms with Crippen LogP contribution < -0.4 is 20.5 Å². The average molecular weight is 465 g/mol. The molecule has 3 N–H and O–H groups in total. The quantitative estimate of drug-likeness (QED) is 0.283. The van der Waals surface area contributed by atoms with Gasteiger partial charge in [-0.3, -0.25) is 0 Å². The zero-order valence-corrected chi connectivity index (χ0v) is 17.3. The molecule has 138 valence electrons. The van der Waals surface area contributed by atoms with E-state index in [1.54, 1.807) is 7.11 Å². The number of methoxy groups -OCH3 is 1. The lowest BCUT2D eigenvalue weighted by Gasteiger charge is -2.10. The van der Waals surface area contributed by atoms with Crippen LogP contribution in [0.3, 0.4) is 0 Å². The standard InChI is InChI=1S/C20H23N3O2.HI/c1-4-11-25-19-13-16(9-10-18(19)24-3)14-22-20(21)23-17-8-6-7-15(5-2)12-17;/h1,6-10,12-13H,5,11,14H2,2-3H3,(H3,21,22,23);1H. The van der Waals surface area contributed by atoms with Crippen molar-refractivity contribution in [2.45, 2.75) is 19.9 Å². The number of aryl methyl sites for hydroxylation is 1. The largest absolute Gasteiger partial charge is 0.493 e. The van der Waals surface area contributed by atoms with Crippen LogP contribution >= 0.6 is 24.0 Å². The normalized spacial score (nSPS) is 10.4. The van der Waals surface area contributed by atoms with Gasteiger partial charge in [-0.2, -0.15) is 0 Å². The number of nitrogens with zero attached hydrogens (tertiary/aromatic N) is 1. The summed E-state index contributed by atoms with van der Waals surface area (Å²) in [7, 11) is 1.59. The lowest BCUT2D eigenvalue weighted by atomic mass is 10.1. The molecule has 0 aliphatic heterocycles. The summed E-state index contributed by atoms with van der Waals surface area (Å²) in [5, 5.41) is 3.10. The van der Waals surface area contributed by atoms with Crippen LogP contribution in [0.1, 0.15) is 18.1 Å². The topological polar surface area (TPSA) is 68.9 Å². The Morgan fingerprint density at radius 2 is 2.00 bits per heavy atom. The lowest BCUT2D eigenvalue weighted by molar-refractivity contribution is 0.330. The second-order valence-corrected chi connectivity index (χ2v) is 5.36. The van der Waals surface area contributed by atoms with Crippen LogP contribution in [0.25, 0.3) is 0 Å². The van der Waals surface area contributed by atoms with Crippen molar-refractivity contribution in [3.8, 4) is 23.8 Å². The summed E-state index contributed by atoms with van der Waals surface area (Å²) in [5.41, 5.74) is 9.08. The monoisotopic (exact) mass is 465 g/mol. The van der Waals surface area contributed by atoms with Gasteiger partial charge in [0.2, 0.25) is 0 Å². The van der Waals surface area contributed by atoms with Gasteiger partial charge in [0.05, 0.1) is 13.7 Å². The van der Waals surface area contributed by atoms with Gasteiger partial charge in [-0.25, -0.2) is 4.99 Å². The minimum Gasteiger partial charge on any atom is -0.493 e. The van der Waals surface area contributed by atoms with Crippen molar-refractivity contribution < 1.29 is 9.47 Å². The zero-order chi connectivity index (χ0) is 18.1. The third-order valence-corrected chi connectivity index (χ3v) is 3.58. The first kappa shape index (κ1) is 21.6. The lowest BCUT2D eigenvalue weighted by Crippen LogP contribution is -2.22. The number of terminal acetylenes is 1. The zero-order valence-electron chi connectivity index (χ0n) is 15.0. The number of hydrogen-bond acceptors (Lipinski definition) is 3. The van der Waals surface area contributed by atoms with Crippen molar-refractivity contribution in [2.24, 2.45) is 10.7 Å². The molecule has 0 heterocycles. The molecular weight excluding hydrogens is 441 g/mol. The van der Waals surface area contributed by atoms with Crippen LogP contribution in [-0.2, 0) is 13.0 Å². The molecule has 0 fully saturated rings. The molecule has 0 aromatic heterocycles. The summed E-state index contributed by atoms with van der Waals surface area (Å²) >= 11 is 0. The predicted molar refractivity (Wildman–Crippen MR) is 118 cm³/mol. The Bertz CT molecular complexity index is 785. The average Bonchev–Trinajstić information content (AvgIpc) is 2.64. The second-order valence-electron chi connectivity index (χ2n) is 5.36. The Balaban J connectivity index is 0.00000338. The van der Waals surface area contributed by atoms with Crippen molar-refractivity contribution >= 4 is 35.6 Å². The summed E-state index contributed by atoms with van der Waals surface area (Å²) in [5.74, 6) is 4.02. The van der Waals surface area contributed by atoms with Gasteiger partial charge in [-0.15, -0.1) is 30.4 Å². The maximum absolute atomic E-state index is 5.98. The molecule has 0 aliphatic rings. The van der Waals surface area contributed by atoms with E-state index in [1.807, 2.05) is 30.3 Å². The number of nitrogens with two attached hydrogens (primary N) is 1. The fourth-order valence-corrected chi connectivity index (χ4v) is 2.28. The van der Waals surface area contributed by atoms with Gasteiger partial charge in [0.1, 0.15) is 6.61 Å². The van der Waals surface area contributed by atoms with Crippen LogP contribution in [-0.4, -0.2) is 19.7 Å². The molecule has 0 spiro atoms. The Kier molecular flexibility index (Phi) is 9.37. The van der Waals surface area contributed by atoms with Crippen molar-refractivity contribution in [2.75, 3.05) is 19.0 Å². The first-order valence-electron chi connectivity index (χ1n) is 8.05. The number of halogens is 1. The number of nitrogens with one attached hydrogen (secondary N) is 1. The summed E-state index contributed by atoms with van der Waals surface area (Å²) in [6.07, 6.45) is 6.21. The molecule has 2 aromatic rings. The van der Waals surface area contributed by atoms with Crippen LogP contribution in [0, 0.1) is 12.3 Å². The Morgan fingerprint density at radius 1 is 1.19 bits per heavy atom. The highest BCUT2D eigenvalue weighted by molar-refractivity contribution is 14.0. The van der Waals surface area contributed by atoms with E-state index in [-0.39, 0.29) is 30.6 Å². The highest BCUT2D eigenvalue weighted by Crippen LogP contribution is 2.28. The van der Waals surface area contributed by atoms with Crippen LogP contribution in [0.4, 0.5) is 5.69 Å². The molecule has 0 unspecified atom stereocenters. The van der Waals surface area contributed by atoms with E-state index in [2.05, 4.69) is 35.3 Å². The first-order chi connectivity index (χ1) is 12.2. The van der Waals surface area contributed by atoms with Gasteiger partial charge in [-0.1, -0.05) is 31.0 Å². The smallest absolute Gasteiger partial charge is 0.193 e. The van der Waals surface area contributed by atoms with Crippen LogP contribution in [0.2, 0.25) is 0 Å². The van der Waals surface area contributed by atoms with Crippen molar-refractivity contribution in [3.05, 3.63) is 53.6 Å². The molecule has 0 aliphatic carbocycles. The Hall–Kier alpha value is -2.40. The molecular formula is C20H24IN3O2. The first-order valence-corrected chi connectivity index (χ1v) is 8.05. The predicted octanol–water partition coefficient (Wildman–Crippen LogP) is 3.81. The Labute approximate surface area is 172 Å². The SMILES string of the molecule is C#CCOc1cc(CN=C(N)Nc2cccc(CC)c2)ccc1OC.I. The molecule has 2 aromatic carbocycles. The van der Waals surface area contributed by atoms with Gasteiger partial charge in [0.25, 0.3) is 0 Å². The number of ether oxygens (including phenoxy) is 2. The summed E-state index contributed by atoms with van der Waals surface area (Å²) in [6, 6.07) is 13.7. The fourth-order valence-electron chi connectivity index (χ4n) is 2.28. The Morgan fingerprint density at radius 3 is 2.69 bits per heavy atom. The van der Waals surface area contributed by atoms with E-state index in [0.29, 0.717) is 24.0 Å². The van der Waals surface area contributed by atoms with E-state index < -0.39 is 0 Å². The summed E-state index contributed by atoms with van der Waals surface area (Å²) in [4.78, 5) is 4.37. The molecule has 0 saturated carbocycles. The number of benzene rings is 2. The minimum absolute atomic E-state index is 0. The highest BCUT2D eigenvalue weighted by Gasteiger charge is 2.05. The molecule has 0 amide bonds. The van der Waals surface area contributed by atoms with Crippen molar-refractivity contribution in [1.82, 2.24) is 0 Å². The van der Waals surface area contributed by atoms with E-state index in [0.717, 1.165) is 17.7 Å². The number of rotatable bonds is 7. The number of hydrogen-bond donors (Lipinski definition) is 2. The van der Waals surface area contributed by atoms with E-state index in [1.165, 1.54) is 5.56 Å². The summed E-state index contributed by atoms with van der Waals surface area (Å²) < 4.78 is 10.7. The molecule has 0 atom stereocenters. The molecule has 26 heavy (non-hydrogen) atoms. The van der Waals surface area contributed by atoms with Crippen molar-refractivity contribution in [3.63, 3.8) is 0 Å². The van der Waals surface area contributed by atoms with E-state index >= 15 is 0 Å². The van der Waals surface area contributed by atoms with Crippen LogP contribution in [0.5, 0.6) is 11.5 Å². The highest BCUT2D eigenvalue weighted by atomic mass is 127. The molecule has 0 bridgehead atoms. The molecule has 0 saturated heterocycles. The van der Waals surface area contributed by atoms with Gasteiger partial charge >= 0.3 is 0 Å². The maximum Gasteiger partial charge on any atom is 0.193 e. The van der Waals surface area contributed by atoms with Gasteiger partial charge in [-0.05, 0) is 41.8 Å². The summed E-state index contributed by atoms with van der Waals surface area (Å²) in [6.45, 7) is 2.71. The number of aliphatic imine (C=N–C) groups is 1. The molecule has 2 rings (SSSR count). The van der Waals surface area contributed by atoms with Gasteiger partial charge in [0.15, 0.2) is 17.5 Å². The maximum atomic E-state index is 5.98. The second kappa shape index (κ2) is 11.3. The minimum atomic E-state index is 0. The third-order valence-electron chi connectivity index (χ3n) is 3.58. The van der Waals surface area contributed by atoms with E-state index in [9.17, 15) is 0 Å². The fraction of sp³-hybridized carbons (Fsp3) is 0.250.